The minimum Gasteiger partial charge on any atom is -0.354 e. The van der Waals surface area contributed by atoms with Crippen LogP contribution in [0.5, 0.6) is 0 Å². The van der Waals surface area contributed by atoms with E-state index < -0.39 is 0 Å². The molecular formula is C15H17N5. The highest BCUT2D eigenvalue weighted by Crippen LogP contribution is 2.27. The average molecular weight is 267 g/mol. The molecule has 0 aliphatic carbocycles. The Morgan fingerprint density at radius 2 is 1.95 bits per heavy atom. The van der Waals surface area contributed by atoms with Gasteiger partial charge < -0.3 is 14.8 Å². The van der Waals surface area contributed by atoms with Crippen molar-refractivity contribution in [2.75, 3.05) is 31.1 Å². The molecule has 1 fully saturated rings. The van der Waals surface area contributed by atoms with E-state index >= 15 is 0 Å². The van der Waals surface area contributed by atoms with E-state index in [0.717, 1.165) is 37.6 Å². The van der Waals surface area contributed by atoms with Gasteiger partial charge >= 0.3 is 0 Å². The number of anilines is 1. The maximum atomic E-state index is 4.87. The van der Waals surface area contributed by atoms with Crippen LogP contribution in [-0.4, -0.2) is 40.7 Å². The second-order valence-electron chi connectivity index (χ2n) is 5.23. The first-order chi connectivity index (χ1) is 9.84. The van der Waals surface area contributed by atoms with Gasteiger partial charge in [-0.2, -0.15) is 0 Å². The average Bonchev–Trinajstić information content (AvgIpc) is 2.81. The summed E-state index contributed by atoms with van der Waals surface area (Å²) in [6, 6.07) is 6.34. The van der Waals surface area contributed by atoms with E-state index in [0.29, 0.717) is 0 Å². The summed E-state index contributed by atoms with van der Waals surface area (Å²) in [4.78, 5) is 11.4. The number of aryl methyl sites for hydroxylation is 1. The summed E-state index contributed by atoms with van der Waals surface area (Å²) >= 11 is 0. The molecule has 5 nitrogen and oxygen atoms in total. The highest BCUT2D eigenvalue weighted by atomic mass is 15.2. The molecule has 1 saturated heterocycles. The van der Waals surface area contributed by atoms with Gasteiger partial charge in [0.1, 0.15) is 11.5 Å². The molecule has 0 unspecified atom stereocenters. The van der Waals surface area contributed by atoms with Gasteiger partial charge in [-0.3, -0.25) is 4.98 Å². The Morgan fingerprint density at radius 3 is 2.80 bits per heavy atom. The molecule has 102 valence electrons. The summed E-state index contributed by atoms with van der Waals surface area (Å²) in [7, 11) is 2.07. The first-order valence-electron chi connectivity index (χ1n) is 6.99. The fraction of sp³-hybridized carbons (Fsp3) is 0.333. The number of nitrogens with zero attached hydrogens (tertiary/aromatic N) is 4. The molecule has 3 aromatic heterocycles. The summed E-state index contributed by atoms with van der Waals surface area (Å²) in [5.74, 6) is 1.07. The number of piperazine rings is 1. The third-order valence-electron chi connectivity index (χ3n) is 4.07. The third kappa shape index (κ3) is 1.67. The summed E-state index contributed by atoms with van der Waals surface area (Å²) < 4.78 is 2.15. The molecule has 1 aliphatic heterocycles. The lowest BCUT2D eigenvalue weighted by Gasteiger charge is -2.28. The number of rotatable bonds is 1. The summed E-state index contributed by atoms with van der Waals surface area (Å²) in [5.41, 5.74) is 2.21. The molecule has 20 heavy (non-hydrogen) atoms. The smallest absolute Gasteiger partial charge is 0.143 e. The van der Waals surface area contributed by atoms with E-state index in [1.54, 1.807) is 0 Å². The van der Waals surface area contributed by atoms with E-state index in [4.69, 9.17) is 4.98 Å². The monoisotopic (exact) mass is 267 g/mol. The molecule has 0 saturated carbocycles. The summed E-state index contributed by atoms with van der Waals surface area (Å²) in [6.45, 7) is 4.09. The fourth-order valence-electron chi connectivity index (χ4n) is 2.98. The Labute approximate surface area is 117 Å². The molecule has 3 aromatic rings. The summed E-state index contributed by atoms with van der Waals surface area (Å²) in [6.07, 6.45) is 3.75. The summed E-state index contributed by atoms with van der Waals surface area (Å²) in [5, 5.41) is 5.72. The van der Waals surface area contributed by atoms with Gasteiger partial charge in [-0.1, -0.05) is 0 Å². The van der Waals surface area contributed by atoms with Crippen molar-refractivity contribution in [1.82, 2.24) is 19.9 Å². The van der Waals surface area contributed by atoms with Gasteiger partial charge in [-0.25, -0.2) is 4.98 Å². The molecule has 5 heteroatoms. The Kier molecular flexibility index (Phi) is 2.60. The van der Waals surface area contributed by atoms with Crippen molar-refractivity contribution in [3.05, 3.63) is 30.6 Å². The number of hydrogen-bond donors (Lipinski definition) is 1. The van der Waals surface area contributed by atoms with Gasteiger partial charge in [0.2, 0.25) is 0 Å². The van der Waals surface area contributed by atoms with Gasteiger partial charge in [-0.05, 0) is 18.2 Å². The van der Waals surface area contributed by atoms with Crippen LogP contribution in [-0.2, 0) is 7.05 Å². The highest BCUT2D eigenvalue weighted by Gasteiger charge is 2.14. The van der Waals surface area contributed by atoms with Gasteiger partial charge in [0, 0.05) is 56.4 Å². The first kappa shape index (κ1) is 11.7. The molecule has 4 rings (SSSR count). The largest absolute Gasteiger partial charge is 0.354 e. The number of pyridine rings is 2. The predicted molar refractivity (Wildman–Crippen MR) is 81.1 cm³/mol. The van der Waals surface area contributed by atoms with Crippen LogP contribution < -0.4 is 10.2 Å². The fourth-order valence-corrected chi connectivity index (χ4v) is 2.98. The molecule has 0 bridgehead atoms. The molecule has 0 atom stereocenters. The van der Waals surface area contributed by atoms with Gasteiger partial charge in [-0.15, -0.1) is 0 Å². The van der Waals surface area contributed by atoms with Crippen molar-refractivity contribution in [2.24, 2.45) is 7.05 Å². The standard InChI is InChI=1S/C15H17N5/c1-19-13-4-5-17-10-12(13)11-2-3-14(18-15(11)19)20-8-6-16-7-9-20/h2-5,10,16H,6-9H2,1H3. The maximum Gasteiger partial charge on any atom is 0.143 e. The molecule has 4 heterocycles. The molecule has 0 radical (unpaired) electrons. The Balaban J connectivity index is 1.90. The third-order valence-corrected chi connectivity index (χ3v) is 4.07. The Morgan fingerprint density at radius 1 is 1.10 bits per heavy atom. The lowest BCUT2D eigenvalue weighted by atomic mass is 10.2. The van der Waals surface area contributed by atoms with Crippen molar-refractivity contribution in [3.63, 3.8) is 0 Å². The lowest BCUT2D eigenvalue weighted by Crippen LogP contribution is -2.43. The first-order valence-corrected chi connectivity index (χ1v) is 6.99. The van der Waals surface area contributed by atoms with E-state index in [1.807, 2.05) is 18.5 Å². The van der Waals surface area contributed by atoms with Crippen LogP contribution in [0.15, 0.2) is 30.6 Å². The van der Waals surface area contributed by atoms with Crippen LogP contribution in [0.4, 0.5) is 5.82 Å². The minimum absolute atomic E-state index is 1.02. The predicted octanol–water partition coefficient (Wildman–Crippen LogP) is 1.53. The van der Waals surface area contributed by atoms with Crippen LogP contribution in [0.3, 0.4) is 0 Å². The highest BCUT2D eigenvalue weighted by molar-refractivity contribution is 6.06. The molecule has 0 amide bonds. The molecule has 0 spiro atoms. The second-order valence-corrected chi connectivity index (χ2v) is 5.23. The van der Waals surface area contributed by atoms with Crippen molar-refractivity contribution >= 4 is 27.8 Å². The van der Waals surface area contributed by atoms with Gasteiger partial charge in [0.05, 0.1) is 5.52 Å². The number of nitrogens with one attached hydrogen (secondary N) is 1. The van der Waals surface area contributed by atoms with Gasteiger partial charge in [0.25, 0.3) is 0 Å². The molecule has 1 N–H and O–H groups in total. The van der Waals surface area contributed by atoms with E-state index in [-0.39, 0.29) is 0 Å². The van der Waals surface area contributed by atoms with E-state index in [2.05, 4.69) is 38.9 Å². The Bertz CT molecular complexity index is 770. The molecule has 0 aromatic carbocycles. The van der Waals surface area contributed by atoms with Crippen molar-refractivity contribution in [3.8, 4) is 0 Å². The normalized spacial score (nSPS) is 16.1. The van der Waals surface area contributed by atoms with Gasteiger partial charge in [0.15, 0.2) is 0 Å². The molecule has 1 aliphatic rings. The zero-order valence-electron chi connectivity index (χ0n) is 11.5. The van der Waals surface area contributed by atoms with Crippen LogP contribution >= 0.6 is 0 Å². The van der Waals surface area contributed by atoms with Crippen molar-refractivity contribution < 1.29 is 0 Å². The topological polar surface area (TPSA) is 46.0 Å². The maximum absolute atomic E-state index is 4.87. The number of aromatic nitrogens is 3. The van der Waals surface area contributed by atoms with Crippen LogP contribution in [0.2, 0.25) is 0 Å². The number of hydrogen-bond acceptors (Lipinski definition) is 4. The Hall–Kier alpha value is -2.14. The zero-order valence-corrected chi connectivity index (χ0v) is 11.5. The van der Waals surface area contributed by atoms with Crippen LogP contribution in [0, 0.1) is 0 Å². The quantitative estimate of drug-likeness (QED) is 0.726. The van der Waals surface area contributed by atoms with Crippen LogP contribution in [0.1, 0.15) is 0 Å². The van der Waals surface area contributed by atoms with Crippen molar-refractivity contribution in [1.29, 1.82) is 0 Å². The lowest BCUT2D eigenvalue weighted by molar-refractivity contribution is 0.585. The number of fused-ring (bicyclic) bond motifs is 3. The van der Waals surface area contributed by atoms with E-state index in [9.17, 15) is 0 Å². The molecular weight excluding hydrogens is 250 g/mol. The minimum atomic E-state index is 1.02. The van der Waals surface area contributed by atoms with Crippen molar-refractivity contribution in [2.45, 2.75) is 0 Å². The SMILES string of the molecule is Cn1c2ccncc2c2ccc(N3CCNCC3)nc21. The van der Waals surface area contributed by atoms with E-state index in [1.165, 1.54) is 16.3 Å². The van der Waals surface area contributed by atoms with Crippen LogP contribution in [0.25, 0.3) is 21.9 Å². The zero-order chi connectivity index (χ0) is 13.5. The second kappa shape index (κ2) is 4.45.